The van der Waals surface area contributed by atoms with E-state index in [1.807, 2.05) is 54.9 Å². The first kappa shape index (κ1) is 21.0. The van der Waals surface area contributed by atoms with Crippen molar-refractivity contribution >= 4 is 16.9 Å². The molecule has 0 bridgehead atoms. The predicted molar refractivity (Wildman–Crippen MR) is 128 cm³/mol. The van der Waals surface area contributed by atoms with Crippen LogP contribution in [0.5, 0.6) is 0 Å². The topological polar surface area (TPSA) is 86.5 Å². The molecule has 3 heterocycles. The minimum absolute atomic E-state index is 0.101. The van der Waals surface area contributed by atoms with E-state index in [0.717, 1.165) is 28.1 Å². The maximum atomic E-state index is 13.4. The number of hydrogen-bond donors (Lipinski definition) is 1. The molecule has 8 heteroatoms. The second-order valence-electron chi connectivity index (χ2n) is 8.39. The molecule has 0 radical (unpaired) electrons. The van der Waals surface area contributed by atoms with E-state index in [1.165, 1.54) is 9.13 Å². The molecular weight excluding hydrogens is 418 g/mol. The summed E-state index contributed by atoms with van der Waals surface area (Å²) in [5.41, 5.74) is 4.86. The fourth-order valence-corrected chi connectivity index (χ4v) is 4.47. The van der Waals surface area contributed by atoms with Crippen LogP contribution in [-0.2, 0) is 13.6 Å². The van der Waals surface area contributed by atoms with Gasteiger partial charge in [-0.05, 0) is 43.5 Å². The van der Waals surface area contributed by atoms with Crippen molar-refractivity contribution in [3.05, 3.63) is 86.7 Å². The smallest absolute Gasteiger partial charge is 0.332 e. The number of rotatable bonds is 5. The lowest BCUT2D eigenvalue weighted by atomic mass is 10.1. The minimum Gasteiger partial charge on any atom is -0.396 e. The monoisotopic (exact) mass is 443 g/mol. The molecule has 0 aliphatic carbocycles. The zero-order valence-corrected chi connectivity index (χ0v) is 18.8. The maximum absolute atomic E-state index is 13.4. The first-order chi connectivity index (χ1) is 15.9. The fraction of sp³-hybridized carbons (Fsp3) is 0.240. The summed E-state index contributed by atoms with van der Waals surface area (Å²) in [6.07, 6.45) is 2.22. The van der Waals surface area contributed by atoms with Gasteiger partial charge in [-0.25, -0.2) is 4.79 Å². The van der Waals surface area contributed by atoms with Crippen molar-refractivity contribution in [1.82, 2.24) is 23.1 Å². The summed E-state index contributed by atoms with van der Waals surface area (Å²) in [7, 11) is 1.62. The highest BCUT2D eigenvalue weighted by atomic mass is 16.3. The zero-order valence-electron chi connectivity index (χ0n) is 18.8. The molecule has 0 fully saturated rings. The second-order valence-corrected chi connectivity index (χ2v) is 8.39. The van der Waals surface area contributed by atoms with Crippen molar-refractivity contribution in [2.45, 2.75) is 26.8 Å². The molecule has 0 aliphatic heterocycles. The summed E-state index contributed by atoms with van der Waals surface area (Å²) >= 11 is 0. The third-order valence-corrected chi connectivity index (χ3v) is 5.92. The highest BCUT2D eigenvalue weighted by Gasteiger charge is 2.22. The van der Waals surface area contributed by atoms with Gasteiger partial charge in [0.1, 0.15) is 0 Å². The van der Waals surface area contributed by atoms with Crippen LogP contribution in [0.1, 0.15) is 17.5 Å². The van der Waals surface area contributed by atoms with Crippen LogP contribution in [0.4, 0.5) is 0 Å². The fourth-order valence-electron chi connectivity index (χ4n) is 4.47. The number of hydrogen-bond acceptors (Lipinski definition) is 4. The average Bonchev–Trinajstić information content (AvgIpc) is 3.34. The van der Waals surface area contributed by atoms with Gasteiger partial charge in [0.15, 0.2) is 11.2 Å². The average molecular weight is 444 g/mol. The molecule has 3 aromatic heterocycles. The quantitative estimate of drug-likeness (QED) is 0.453. The Hall–Kier alpha value is -3.91. The van der Waals surface area contributed by atoms with Crippen molar-refractivity contribution < 1.29 is 5.11 Å². The molecule has 5 rings (SSSR count). The van der Waals surface area contributed by atoms with Gasteiger partial charge in [-0.1, -0.05) is 36.4 Å². The molecule has 0 saturated carbocycles. The van der Waals surface area contributed by atoms with Gasteiger partial charge in [0.05, 0.1) is 5.69 Å². The van der Waals surface area contributed by atoms with Crippen molar-refractivity contribution in [2.24, 2.45) is 7.05 Å². The van der Waals surface area contributed by atoms with Gasteiger partial charge in [0, 0.05) is 37.6 Å². The Balaban J connectivity index is 1.92. The van der Waals surface area contributed by atoms with Crippen LogP contribution in [0, 0.1) is 13.8 Å². The highest BCUT2D eigenvalue weighted by molar-refractivity contribution is 5.79. The number of aryl methyl sites for hydroxylation is 3. The summed E-state index contributed by atoms with van der Waals surface area (Å²) in [6, 6.07) is 16.2. The van der Waals surface area contributed by atoms with Crippen molar-refractivity contribution in [3.8, 4) is 16.9 Å². The van der Waals surface area contributed by atoms with E-state index < -0.39 is 11.2 Å². The molecule has 168 valence electrons. The number of aliphatic hydroxyl groups excluding tert-OH is 1. The number of benzene rings is 2. The summed E-state index contributed by atoms with van der Waals surface area (Å²) in [4.78, 5) is 31.0. The van der Waals surface area contributed by atoms with E-state index in [-0.39, 0.29) is 13.2 Å². The summed E-state index contributed by atoms with van der Waals surface area (Å²) in [5.74, 6) is 0.556. The van der Waals surface area contributed by atoms with E-state index in [9.17, 15) is 14.7 Å². The Morgan fingerprint density at radius 3 is 2.36 bits per heavy atom. The van der Waals surface area contributed by atoms with E-state index >= 15 is 0 Å². The third kappa shape index (κ3) is 3.30. The minimum atomic E-state index is -0.442. The maximum Gasteiger partial charge on any atom is 0.332 e. The SMILES string of the molecule is Cc1cc(C)cc(-n2c(-c3ccccc3)cn3c4c(=O)n(CCCO)c(=O)n(C)c4nc23)c1. The van der Waals surface area contributed by atoms with Crippen LogP contribution in [0.15, 0.2) is 64.3 Å². The molecule has 0 aliphatic rings. The standard InChI is InChI=1S/C25H25N5O3/c1-16-12-17(2)14-19(13-16)30-20(18-8-5-4-6-9-18)15-29-21-22(26-24(29)30)27(3)25(33)28(23(21)32)10-7-11-31/h4-6,8-9,12-15,31H,7,10-11H2,1-3H3. The van der Waals surface area contributed by atoms with Gasteiger partial charge in [-0.2, -0.15) is 4.98 Å². The number of aliphatic hydroxyl groups is 1. The molecular formula is C25H25N5O3. The Kier molecular flexibility index (Phi) is 5.02. The molecule has 0 saturated heterocycles. The van der Waals surface area contributed by atoms with Gasteiger partial charge in [0.2, 0.25) is 5.78 Å². The number of aromatic nitrogens is 5. The van der Waals surface area contributed by atoms with Crippen LogP contribution in [0.3, 0.4) is 0 Å². The first-order valence-corrected chi connectivity index (χ1v) is 10.9. The van der Waals surface area contributed by atoms with Crippen molar-refractivity contribution in [1.29, 1.82) is 0 Å². The molecule has 33 heavy (non-hydrogen) atoms. The largest absolute Gasteiger partial charge is 0.396 e. The Morgan fingerprint density at radius 1 is 1.00 bits per heavy atom. The number of imidazole rings is 2. The lowest BCUT2D eigenvalue weighted by Crippen LogP contribution is -2.39. The van der Waals surface area contributed by atoms with Crippen LogP contribution in [0.2, 0.25) is 0 Å². The highest BCUT2D eigenvalue weighted by Crippen LogP contribution is 2.29. The second kappa shape index (κ2) is 7.90. The van der Waals surface area contributed by atoms with Gasteiger partial charge < -0.3 is 5.11 Å². The van der Waals surface area contributed by atoms with E-state index in [1.54, 1.807) is 11.4 Å². The lowest BCUT2D eigenvalue weighted by molar-refractivity contribution is 0.277. The third-order valence-electron chi connectivity index (χ3n) is 5.92. The summed E-state index contributed by atoms with van der Waals surface area (Å²) in [6.45, 7) is 4.14. The Labute approximate surface area is 189 Å². The van der Waals surface area contributed by atoms with Crippen molar-refractivity contribution in [3.63, 3.8) is 0 Å². The molecule has 2 aromatic carbocycles. The molecule has 5 aromatic rings. The normalized spacial score (nSPS) is 11.6. The van der Waals surface area contributed by atoms with Gasteiger partial charge >= 0.3 is 5.69 Å². The molecule has 0 unspecified atom stereocenters. The van der Waals surface area contributed by atoms with Crippen LogP contribution in [0.25, 0.3) is 33.9 Å². The van der Waals surface area contributed by atoms with E-state index in [2.05, 4.69) is 18.2 Å². The van der Waals surface area contributed by atoms with Crippen LogP contribution >= 0.6 is 0 Å². The van der Waals surface area contributed by atoms with Gasteiger partial charge in [-0.3, -0.25) is 22.9 Å². The van der Waals surface area contributed by atoms with Crippen LogP contribution < -0.4 is 11.2 Å². The number of fused-ring (bicyclic) bond motifs is 3. The van der Waals surface area contributed by atoms with Crippen molar-refractivity contribution in [2.75, 3.05) is 6.61 Å². The van der Waals surface area contributed by atoms with E-state index in [4.69, 9.17) is 4.98 Å². The summed E-state index contributed by atoms with van der Waals surface area (Å²) in [5, 5.41) is 9.22. The molecule has 8 nitrogen and oxygen atoms in total. The molecule has 1 N–H and O–H groups in total. The molecule has 0 atom stereocenters. The Bertz CT molecular complexity index is 1600. The Morgan fingerprint density at radius 2 is 1.70 bits per heavy atom. The first-order valence-electron chi connectivity index (χ1n) is 10.9. The van der Waals surface area contributed by atoms with Crippen LogP contribution in [-0.4, -0.2) is 34.8 Å². The summed E-state index contributed by atoms with van der Waals surface area (Å²) < 4.78 is 6.36. The molecule has 0 amide bonds. The molecule has 0 spiro atoms. The zero-order chi connectivity index (χ0) is 23.3. The van der Waals surface area contributed by atoms with Gasteiger partial charge in [-0.15, -0.1) is 0 Å². The lowest BCUT2D eigenvalue weighted by Gasteiger charge is -2.11. The number of nitrogens with zero attached hydrogens (tertiary/aromatic N) is 5. The predicted octanol–water partition coefficient (Wildman–Crippen LogP) is 2.80. The van der Waals surface area contributed by atoms with E-state index in [0.29, 0.717) is 23.4 Å². The van der Waals surface area contributed by atoms with Gasteiger partial charge in [0.25, 0.3) is 5.56 Å².